The monoisotopic (exact) mass is 436 g/mol. The molecule has 2 amide bonds. The summed E-state index contributed by atoms with van der Waals surface area (Å²) in [6.07, 6.45) is 0. The highest BCUT2D eigenvalue weighted by Crippen LogP contribution is 2.48. The van der Waals surface area contributed by atoms with Gasteiger partial charge in [-0.1, -0.05) is 26.8 Å². The van der Waals surface area contributed by atoms with E-state index in [9.17, 15) is 9.59 Å². The maximum Gasteiger partial charge on any atom is 0.240 e. The lowest BCUT2D eigenvalue weighted by Gasteiger charge is -2.23. The second-order valence-electron chi connectivity index (χ2n) is 7.99. The minimum absolute atomic E-state index is 0.0124. The smallest absolute Gasteiger partial charge is 0.240 e. The number of thioether (sulfide) groups is 1. The molecule has 0 aliphatic carbocycles. The van der Waals surface area contributed by atoms with E-state index in [0.717, 1.165) is 11.3 Å². The molecular formula is C20H28N4O3S2. The van der Waals surface area contributed by atoms with Crippen molar-refractivity contribution in [2.24, 2.45) is 7.05 Å². The second kappa shape index (κ2) is 8.89. The van der Waals surface area contributed by atoms with Gasteiger partial charge in [-0.2, -0.15) is 5.10 Å². The van der Waals surface area contributed by atoms with Crippen LogP contribution in [-0.4, -0.2) is 54.2 Å². The number of carbonyl (C=O) groups is 2. The number of aryl methyl sites for hydroxylation is 1. The Hall–Kier alpha value is -1.84. The number of nitrogens with zero attached hydrogens (tertiary/aromatic N) is 3. The van der Waals surface area contributed by atoms with Crippen LogP contribution in [-0.2, 0) is 26.8 Å². The number of carbonyl (C=O) groups excluding carboxylic acids is 2. The van der Waals surface area contributed by atoms with Gasteiger partial charge in [-0.05, 0) is 11.4 Å². The number of hydrogen-bond acceptors (Lipinski definition) is 6. The highest BCUT2D eigenvalue weighted by Gasteiger charge is 2.39. The minimum Gasteiger partial charge on any atom is -0.383 e. The summed E-state index contributed by atoms with van der Waals surface area (Å²) in [6, 6.07) is 4.13. The van der Waals surface area contributed by atoms with E-state index < -0.39 is 0 Å². The molecule has 0 saturated carbocycles. The van der Waals surface area contributed by atoms with Crippen LogP contribution in [0.3, 0.4) is 0 Å². The topological polar surface area (TPSA) is 76.5 Å². The number of ether oxygens (including phenoxy) is 1. The quantitative estimate of drug-likeness (QED) is 0.705. The molecule has 7 nitrogen and oxygen atoms in total. The predicted molar refractivity (Wildman–Crippen MR) is 118 cm³/mol. The maximum atomic E-state index is 13.0. The predicted octanol–water partition coefficient (Wildman–Crippen LogP) is 2.71. The average Bonchev–Trinajstić information content (AvgIpc) is 3.26. The standard InChI is InChI=1S/C20H28N4O3S2/c1-20(2,3)18-16-17(13-7-6-10-28-13)29-12-15(26)24(19(16)23(4)22-18)11-14(25)21-8-9-27-5/h6-7,10,17H,8-9,11-12H2,1-5H3,(H,21,25). The zero-order valence-corrected chi connectivity index (χ0v) is 19.2. The summed E-state index contributed by atoms with van der Waals surface area (Å²) in [6.45, 7) is 7.19. The summed E-state index contributed by atoms with van der Waals surface area (Å²) in [5.41, 5.74) is 1.80. The molecule has 1 aliphatic heterocycles. The van der Waals surface area contributed by atoms with Gasteiger partial charge in [-0.15, -0.1) is 23.1 Å². The van der Waals surface area contributed by atoms with Gasteiger partial charge in [0, 0.05) is 36.6 Å². The summed E-state index contributed by atoms with van der Waals surface area (Å²) in [5.74, 6) is 0.733. The van der Waals surface area contributed by atoms with E-state index in [2.05, 4.69) is 37.5 Å². The SMILES string of the molecule is COCCNC(=O)CN1C(=O)CSC(c2cccs2)c2c(C(C)(C)C)nn(C)c21. The van der Waals surface area contributed by atoms with Gasteiger partial charge in [0.05, 0.1) is 23.3 Å². The van der Waals surface area contributed by atoms with E-state index in [-0.39, 0.29) is 29.0 Å². The molecule has 29 heavy (non-hydrogen) atoms. The van der Waals surface area contributed by atoms with Gasteiger partial charge in [-0.3, -0.25) is 19.2 Å². The molecule has 3 rings (SSSR count). The Balaban J connectivity index is 2.06. The number of aromatic nitrogens is 2. The van der Waals surface area contributed by atoms with Crippen LogP contribution in [0.2, 0.25) is 0 Å². The Morgan fingerprint density at radius 1 is 1.41 bits per heavy atom. The van der Waals surface area contributed by atoms with Crippen molar-refractivity contribution in [3.05, 3.63) is 33.6 Å². The molecular weight excluding hydrogens is 408 g/mol. The summed E-state index contributed by atoms with van der Waals surface area (Å²) < 4.78 is 6.74. The van der Waals surface area contributed by atoms with Gasteiger partial charge in [0.2, 0.25) is 11.8 Å². The van der Waals surface area contributed by atoms with Crippen LogP contribution in [0.25, 0.3) is 0 Å². The van der Waals surface area contributed by atoms with E-state index in [1.165, 1.54) is 4.88 Å². The summed E-state index contributed by atoms with van der Waals surface area (Å²) in [4.78, 5) is 28.3. The molecule has 0 radical (unpaired) electrons. The fourth-order valence-electron chi connectivity index (χ4n) is 3.40. The lowest BCUT2D eigenvalue weighted by molar-refractivity contribution is -0.123. The molecule has 1 unspecified atom stereocenters. The van der Waals surface area contributed by atoms with Crippen LogP contribution < -0.4 is 10.2 Å². The summed E-state index contributed by atoms with van der Waals surface area (Å²) >= 11 is 3.28. The lowest BCUT2D eigenvalue weighted by Crippen LogP contribution is -2.43. The van der Waals surface area contributed by atoms with Crippen LogP contribution >= 0.6 is 23.1 Å². The molecule has 1 N–H and O–H groups in total. The molecule has 0 aromatic carbocycles. The van der Waals surface area contributed by atoms with Crippen LogP contribution in [0.5, 0.6) is 0 Å². The number of anilines is 1. The van der Waals surface area contributed by atoms with Crippen molar-refractivity contribution >= 4 is 40.7 Å². The third-order valence-electron chi connectivity index (χ3n) is 4.69. The van der Waals surface area contributed by atoms with Crippen molar-refractivity contribution in [2.75, 3.05) is 37.5 Å². The molecule has 0 fully saturated rings. The zero-order valence-electron chi connectivity index (χ0n) is 17.5. The number of methoxy groups -OCH3 is 1. The number of amides is 2. The van der Waals surface area contributed by atoms with Crippen molar-refractivity contribution in [2.45, 2.75) is 31.4 Å². The molecule has 2 aromatic heterocycles. The molecule has 0 saturated heterocycles. The number of nitrogens with one attached hydrogen (secondary N) is 1. The zero-order chi connectivity index (χ0) is 21.2. The van der Waals surface area contributed by atoms with Gasteiger partial charge in [0.15, 0.2) is 0 Å². The Kier molecular flexibility index (Phi) is 6.70. The third kappa shape index (κ3) is 4.67. The molecule has 0 spiro atoms. The summed E-state index contributed by atoms with van der Waals surface area (Å²) in [5, 5.41) is 9.67. The third-order valence-corrected chi connectivity index (χ3v) is 7.01. The second-order valence-corrected chi connectivity index (χ2v) is 10.1. The Morgan fingerprint density at radius 2 is 2.17 bits per heavy atom. The Labute approximate surface area is 179 Å². The van der Waals surface area contributed by atoms with E-state index in [1.807, 2.05) is 13.1 Å². The minimum atomic E-state index is -0.209. The molecule has 158 valence electrons. The van der Waals surface area contributed by atoms with Crippen molar-refractivity contribution < 1.29 is 14.3 Å². The van der Waals surface area contributed by atoms with Crippen molar-refractivity contribution in [3.63, 3.8) is 0 Å². The van der Waals surface area contributed by atoms with Crippen molar-refractivity contribution in [3.8, 4) is 0 Å². The van der Waals surface area contributed by atoms with Crippen LogP contribution in [0, 0.1) is 0 Å². The van der Waals surface area contributed by atoms with Gasteiger partial charge in [-0.25, -0.2) is 0 Å². The maximum absolute atomic E-state index is 13.0. The average molecular weight is 437 g/mol. The molecule has 2 aromatic rings. The van der Waals surface area contributed by atoms with Gasteiger partial charge >= 0.3 is 0 Å². The van der Waals surface area contributed by atoms with Crippen LogP contribution in [0.15, 0.2) is 17.5 Å². The normalized spacial score (nSPS) is 17.2. The van der Waals surface area contributed by atoms with Gasteiger partial charge in [0.25, 0.3) is 0 Å². The number of hydrogen-bond donors (Lipinski definition) is 1. The Bertz CT molecular complexity index is 871. The van der Waals surface area contributed by atoms with Gasteiger partial charge < -0.3 is 10.1 Å². The first-order valence-electron chi connectivity index (χ1n) is 9.52. The highest BCUT2D eigenvalue weighted by molar-refractivity contribution is 8.00. The summed E-state index contributed by atoms with van der Waals surface area (Å²) in [7, 11) is 3.43. The first kappa shape index (κ1) is 21.9. The lowest BCUT2D eigenvalue weighted by atomic mass is 9.88. The van der Waals surface area contributed by atoms with Crippen LogP contribution in [0.4, 0.5) is 5.82 Å². The first-order chi connectivity index (χ1) is 13.7. The fraction of sp³-hybridized carbons (Fsp3) is 0.550. The van der Waals surface area contributed by atoms with Crippen LogP contribution in [0.1, 0.15) is 42.2 Å². The number of fused-ring (bicyclic) bond motifs is 1. The van der Waals surface area contributed by atoms with E-state index in [1.54, 1.807) is 39.8 Å². The molecule has 9 heteroatoms. The van der Waals surface area contributed by atoms with E-state index in [4.69, 9.17) is 9.84 Å². The van der Waals surface area contributed by atoms with E-state index >= 15 is 0 Å². The Morgan fingerprint density at radius 3 is 2.79 bits per heavy atom. The largest absolute Gasteiger partial charge is 0.383 e. The first-order valence-corrected chi connectivity index (χ1v) is 11.4. The van der Waals surface area contributed by atoms with Gasteiger partial charge in [0.1, 0.15) is 12.4 Å². The molecule has 0 bridgehead atoms. The highest BCUT2D eigenvalue weighted by atomic mass is 32.2. The van der Waals surface area contributed by atoms with Crippen molar-refractivity contribution in [1.82, 2.24) is 15.1 Å². The molecule has 3 heterocycles. The fourth-order valence-corrected chi connectivity index (χ4v) is 5.58. The number of thiophene rings is 1. The molecule has 1 aliphatic rings. The van der Waals surface area contributed by atoms with Crippen molar-refractivity contribution in [1.29, 1.82) is 0 Å². The molecule has 1 atom stereocenters. The van der Waals surface area contributed by atoms with E-state index in [0.29, 0.717) is 24.7 Å². The number of rotatable bonds is 6.